The summed E-state index contributed by atoms with van der Waals surface area (Å²) in [5, 5.41) is 3.73. The summed E-state index contributed by atoms with van der Waals surface area (Å²) in [5.41, 5.74) is 4.46. The lowest BCUT2D eigenvalue weighted by atomic mass is 9.90. The van der Waals surface area contributed by atoms with Crippen molar-refractivity contribution in [2.24, 2.45) is 0 Å². The van der Waals surface area contributed by atoms with E-state index in [1.54, 1.807) is 6.07 Å². The van der Waals surface area contributed by atoms with Crippen LogP contribution in [0.15, 0.2) is 35.1 Å². The van der Waals surface area contributed by atoms with Gasteiger partial charge in [-0.3, -0.25) is 9.78 Å². The highest BCUT2D eigenvalue weighted by molar-refractivity contribution is 5.26. The molecule has 2 unspecified atom stereocenters. The minimum Gasteiger partial charge on any atom is -0.380 e. The summed E-state index contributed by atoms with van der Waals surface area (Å²) in [5.74, 6) is 0. The largest absolute Gasteiger partial charge is 0.380 e. The van der Waals surface area contributed by atoms with Gasteiger partial charge in [-0.25, -0.2) is 0 Å². The molecule has 2 aromatic rings. The molecule has 0 spiro atoms. The van der Waals surface area contributed by atoms with Gasteiger partial charge >= 0.3 is 0 Å². The van der Waals surface area contributed by atoms with E-state index in [0.717, 1.165) is 50.3 Å². The Morgan fingerprint density at radius 3 is 2.96 bits per heavy atom. The van der Waals surface area contributed by atoms with Gasteiger partial charge in [0.05, 0.1) is 18.8 Å². The van der Waals surface area contributed by atoms with Crippen LogP contribution in [0.1, 0.15) is 35.5 Å². The quantitative estimate of drug-likeness (QED) is 0.923. The molecule has 5 nitrogen and oxygen atoms in total. The maximum atomic E-state index is 12.4. The standard InChI is InChI=1S/C20H25N3O2/c1-14-3-2-4-17(21-14)12-23-19-7-6-16(22-18-9-10-25-13-18)11-15(19)5-8-20(23)24/h2-5,8,16,18,22H,6-7,9-13H2,1H3. The zero-order valence-electron chi connectivity index (χ0n) is 14.7. The molecule has 0 saturated carbocycles. The highest BCUT2D eigenvalue weighted by Gasteiger charge is 2.25. The Bertz CT molecular complexity index is 809. The van der Waals surface area contributed by atoms with Crippen molar-refractivity contribution in [3.8, 4) is 0 Å². The van der Waals surface area contributed by atoms with E-state index < -0.39 is 0 Å². The van der Waals surface area contributed by atoms with Gasteiger partial charge < -0.3 is 14.6 Å². The van der Waals surface area contributed by atoms with Crippen LogP contribution in [-0.2, 0) is 24.1 Å². The summed E-state index contributed by atoms with van der Waals surface area (Å²) in [4.78, 5) is 17.0. The van der Waals surface area contributed by atoms with Crippen LogP contribution in [0.2, 0.25) is 0 Å². The lowest BCUT2D eigenvalue weighted by Crippen LogP contribution is -2.43. The van der Waals surface area contributed by atoms with Crippen LogP contribution in [0.3, 0.4) is 0 Å². The van der Waals surface area contributed by atoms with Crippen molar-refractivity contribution < 1.29 is 4.74 Å². The van der Waals surface area contributed by atoms with Gasteiger partial charge in [-0.05, 0) is 50.3 Å². The fourth-order valence-corrected chi connectivity index (χ4v) is 3.99. The topological polar surface area (TPSA) is 56.2 Å². The van der Waals surface area contributed by atoms with Gasteiger partial charge in [0.1, 0.15) is 0 Å². The SMILES string of the molecule is Cc1cccc(Cn2c3c(ccc2=O)CC(NC2CCOC2)CC3)n1. The third-order valence-electron chi connectivity index (χ3n) is 5.25. The number of hydrogen-bond acceptors (Lipinski definition) is 4. The molecule has 1 N–H and O–H groups in total. The Morgan fingerprint density at radius 1 is 1.24 bits per heavy atom. The molecule has 2 aromatic heterocycles. The predicted octanol–water partition coefficient (Wildman–Crippen LogP) is 1.84. The van der Waals surface area contributed by atoms with Crippen molar-refractivity contribution in [2.45, 2.75) is 51.2 Å². The molecular weight excluding hydrogens is 314 g/mol. The third-order valence-corrected chi connectivity index (χ3v) is 5.25. The summed E-state index contributed by atoms with van der Waals surface area (Å²) >= 11 is 0. The molecule has 0 amide bonds. The minimum atomic E-state index is 0.0673. The van der Waals surface area contributed by atoms with Crippen LogP contribution < -0.4 is 10.9 Å². The first-order chi connectivity index (χ1) is 12.2. The molecule has 0 aromatic carbocycles. The van der Waals surface area contributed by atoms with Gasteiger partial charge in [-0.2, -0.15) is 0 Å². The molecular formula is C20H25N3O2. The minimum absolute atomic E-state index is 0.0673. The van der Waals surface area contributed by atoms with Gasteiger partial charge in [0.2, 0.25) is 0 Å². The van der Waals surface area contributed by atoms with Crippen molar-refractivity contribution >= 4 is 0 Å². The van der Waals surface area contributed by atoms with Crippen molar-refractivity contribution in [1.82, 2.24) is 14.9 Å². The number of ether oxygens (including phenoxy) is 1. The summed E-state index contributed by atoms with van der Waals surface area (Å²) in [7, 11) is 0. The van der Waals surface area contributed by atoms with Gasteiger partial charge in [0.25, 0.3) is 5.56 Å². The van der Waals surface area contributed by atoms with Crippen LogP contribution in [0.5, 0.6) is 0 Å². The van der Waals surface area contributed by atoms with Gasteiger partial charge in [0.15, 0.2) is 0 Å². The predicted molar refractivity (Wildman–Crippen MR) is 97.0 cm³/mol. The second-order valence-electron chi connectivity index (χ2n) is 7.17. The van der Waals surface area contributed by atoms with Crippen molar-refractivity contribution in [3.63, 3.8) is 0 Å². The van der Waals surface area contributed by atoms with Crippen LogP contribution in [-0.4, -0.2) is 34.8 Å². The summed E-state index contributed by atoms with van der Waals surface area (Å²) in [6.45, 7) is 4.22. The number of aromatic nitrogens is 2. The Kier molecular flexibility index (Phi) is 4.68. The number of aryl methyl sites for hydroxylation is 1. The Morgan fingerprint density at radius 2 is 2.16 bits per heavy atom. The number of nitrogens with zero attached hydrogens (tertiary/aromatic N) is 2. The van der Waals surface area contributed by atoms with E-state index in [1.165, 1.54) is 11.3 Å². The fourth-order valence-electron chi connectivity index (χ4n) is 3.99. The first-order valence-corrected chi connectivity index (χ1v) is 9.17. The van der Waals surface area contributed by atoms with Gasteiger partial charge in [0, 0.05) is 36.1 Å². The molecule has 1 aliphatic carbocycles. The summed E-state index contributed by atoms with van der Waals surface area (Å²) in [6.07, 6.45) is 4.08. The maximum absolute atomic E-state index is 12.4. The van der Waals surface area contributed by atoms with E-state index in [1.807, 2.05) is 35.8 Å². The molecule has 132 valence electrons. The van der Waals surface area contributed by atoms with Crippen LogP contribution in [0.4, 0.5) is 0 Å². The van der Waals surface area contributed by atoms with E-state index in [-0.39, 0.29) is 5.56 Å². The van der Waals surface area contributed by atoms with E-state index in [4.69, 9.17) is 4.74 Å². The van der Waals surface area contributed by atoms with Crippen molar-refractivity contribution in [3.05, 3.63) is 63.3 Å². The zero-order chi connectivity index (χ0) is 17.2. The average molecular weight is 339 g/mol. The molecule has 0 radical (unpaired) electrons. The van der Waals surface area contributed by atoms with Gasteiger partial charge in [-0.15, -0.1) is 0 Å². The van der Waals surface area contributed by atoms with E-state index in [9.17, 15) is 4.79 Å². The summed E-state index contributed by atoms with van der Waals surface area (Å²) < 4.78 is 7.37. The highest BCUT2D eigenvalue weighted by Crippen LogP contribution is 2.22. The molecule has 2 atom stereocenters. The fraction of sp³-hybridized carbons (Fsp3) is 0.500. The lowest BCUT2D eigenvalue weighted by Gasteiger charge is -2.29. The Hall–Kier alpha value is -1.98. The van der Waals surface area contributed by atoms with E-state index in [0.29, 0.717) is 18.6 Å². The number of hydrogen-bond donors (Lipinski definition) is 1. The lowest BCUT2D eigenvalue weighted by molar-refractivity contribution is 0.187. The normalized spacial score (nSPS) is 22.8. The summed E-state index contributed by atoms with van der Waals surface area (Å²) in [6, 6.07) is 10.6. The molecule has 1 fully saturated rings. The molecule has 1 aliphatic heterocycles. The molecule has 0 bridgehead atoms. The molecule has 5 heteroatoms. The van der Waals surface area contributed by atoms with Crippen LogP contribution >= 0.6 is 0 Å². The highest BCUT2D eigenvalue weighted by atomic mass is 16.5. The average Bonchev–Trinajstić information content (AvgIpc) is 3.10. The second-order valence-corrected chi connectivity index (χ2v) is 7.17. The maximum Gasteiger partial charge on any atom is 0.251 e. The van der Waals surface area contributed by atoms with Gasteiger partial charge in [-0.1, -0.05) is 12.1 Å². The molecule has 1 saturated heterocycles. The first kappa shape index (κ1) is 16.5. The first-order valence-electron chi connectivity index (χ1n) is 9.17. The number of nitrogens with one attached hydrogen (secondary N) is 1. The Labute approximate surface area is 148 Å². The van der Waals surface area contributed by atoms with Crippen LogP contribution in [0, 0.1) is 6.92 Å². The molecule has 2 aliphatic rings. The second kappa shape index (κ2) is 7.10. The van der Waals surface area contributed by atoms with Crippen molar-refractivity contribution in [1.29, 1.82) is 0 Å². The van der Waals surface area contributed by atoms with Crippen molar-refractivity contribution in [2.75, 3.05) is 13.2 Å². The Balaban J connectivity index is 1.55. The van der Waals surface area contributed by atoms with E-state index >= 15 is 0 Å². The molecule has 3 heterocycles. The molecule has 4 rings (SSSR count). The van der Waals surface area contributed by atoms with Crippen LogP contribution in [0.25, 0.3) is 0 Å². The van der Waals surface area contributed by atoms with E-state index in [2.05, 4.69) is 10.3 Å². The zero-order valence-corrected chi connectivity index (χ0v) is 14.7. The monoisotopic (exact) mass is 339 g/mol. The number of rotatable bonds is 4. The number of fused-ring (bicyclic) bond motifs is 1. The smallest absolute Gasteiger partial charge is 0.251 e. The molecule has 25 heavy (non-hydrogen) atoms. The third kappa shape index (κ3) is 3.67. The number of pyridine rings is 2.